The third-order valence-electron chi connectivity index (χ3n) is 0.402. The normalized spacial score (nSPS) is 8.44. The van der Waals surface area contributed by atoms with Crippen LogP contribution in [0, 0.1) is 0 Å². The van der Waals surface area contributed by atoms with Gasteiger partial charge in [0.1, 0.15) is 0 Å². The summed E-state index contributed by atoms with van der Waals surface area (Å²) in [6.45, 7) is 0. The van der Waals surface area contributed by atoms with E-state index >= 15 is 0 Å². The van der Waals surface area contributed by atoms with Crippen molar-refractivity contribution in [2.45, 2.75) is 0 Å². The summed E-state index contributed by atoms with van der Waals surface area (Å²) in [6, 6.07) is 0. The summed E-state index contributed by atoms with van der Waals surface area (Å²) in [4.78, 5) is 7.26. The molecule has 0 spiro atoms. The lowest BCUT2D eigenvalue weighted by Gasteiger charge is -1.75. The molecule has 9 heavy (non-hydrogen) atoms. The van der Waals surface area contributed by atoms with E-state index in [1.54, 1.807) is 0 Å². The number of hydrogen-bond acceptors (Lipinski definition) is 3. The fourth-order valence-corrected chi connectivity index (χ4v) is 0.492. The highest BCUT2D eigenvalue weighted by Gasteiger charge is 1.79. The molecule has 2 nitrogen and oxygen atoms in total. The highest BCUT2D eigenvalue weighted by Crippen LogP contribution is 1.72. The van der Waals surface area contributed by atoms with Gasteiger partial charge in [0.2, 0.25) is 0 Å². The van der Waals surface area contributed by atoms with E-state index in [2.05, 4.69) is 51.8 Å². The highest BCUT2D eigenvalue weighted by atomic mass is 32.1. The van der Waals surface area contributed by atoms with Crippen LogP contribution in [0.2, 0.25) is 0 Å². The molecule has 0 heterocycles. The Morgan fingerprint density at radius 2 is 2.22 bits per heavy atom. The molecule has 0 amide bonds. The maximum atomic E-state index is 4.61. The van der Waals surface area contributed by atoms with Gasteiger partial charge in [0.25, 0.3) is 0 Å². The predicted octanol–water partition coefficient (Wildman–Crippen LogP) is 1.44. The monoisotopic (exact) mass is 174 g/mol. The second-order valence-electron chi connectivity index (χ2n) is 0.925. The van der Waals surface area contributed by atoms with E-state index in [9.17, 15) is 0 Å². The van der Waals surface area contributed by atoms with E-state index in [-0.39, 0.29) is 4.99 Å². The minimum Gasteiger partial charge on any atom is -0.250 e. The van der Waals surface area contributed by atoms with Gasteiger partial charge < -0.3 is 0 Å². The number of thiocarbonyl (C=S) groups is 3. The summed E-state index contributed by atoms with van der Waals surface area (Å²) >= 11 is 13.3. The van der Waals surface area contributed by atoms with Gasteiger partial charge in [-0.15, -0.1) is 0 Å². The fraction of sp³-hybridized carbons (Fsp3) is 0. The fourth-order valence-electron chi connectivity index (χ4n) is 0.168. The van der Waals surface area contributed by atoms with Crippen molar-refractivity contribution in [3.63, 3.8) is 0 Å². The standard InChI is InChI=1S/C4H2N2S3/c7-2-5-1-4(9)6-3-8/h1-2H. The molecule has 0 aliphatic rings. The molecule has 0 fully saturated rings. The van der Waals surface area contributed by atoms with E-state index in [4.69, 9.17) is 0 Å². The lowest BCUT2D eigenvalue weighted by molar-refractivity contribution is 1.84. The molecule has 0 atom stereocenters. The zero-order valence-electron chi connectivity index (χ0n) is 4.27. The average molecular weight is 174 g/mol. The Morgan fingerprint density at radius 1 is 1.56 bits per heavy atom. The molecule has 0 saturated heterocycles. The van der Waals surface area contributed by atoms with Gasteiger partial charge in [0.05, 0.1) is 16.9 Å². The second kappa shape index (κ2) is 5.78. The molecule has 0 rings (SSSR count). The first-order chi connectivity index (χ1) is 4.31. The number of rotatable bonds is 2. The van der Waals surface area contributed by atoms with E-state index in [0.29, 0.717) is 0 Å². The van der Waals surface area contributed by atoms with Crippen molar-refractivity contribution in [3.8, 4) is 0 Å². The van der Waals surface area contributed by atoms with Crippen LogP contribution in [0.4, 0.5) is 0 Å². The topological polar surface area (TPSA) is 24.7 Å². The Morgan fingerprint density at radius 3 is 2.67 bits per heavy atom. The maximum absolute atomic E-state index is 4.61. The summed E-state index contributed by atoms with van der Waals surface area (Å²) in [7, 11) is 0. The third kappa shape index (κ3) is 5.52. The van der Waals surface area contributed by atoms with Crippen LogP contribution in [-0.4, -0.2) is 21.9 Å². The Hall–Kier alpha value is -0.350. The zero-order valence-corrected chi connectivity index (χ0v) is 6.72. The van der Waals surface area contributed by atoms with Crippen LogP contribution in [-0.2, 0) is 0 Å². The van der Waals surface area contributed by atoms with Gasteiger partial charge >= 0.3 is 0 Å². The van der Waals surface area contributed by atoms with Crippen LogP contribution in [0.15, 0.2) is 9.98 Å². The first-order valence-electron chi connectivity index (χ1n) is 1.90. The lowest BCUT2D eigenvalue weighted by atomic mass is 10.7. The van der Waals surface area contributed by atoms with Crippen molar-refractivity contribution in [1.82, 2.24) is 0 Å². The SMILES string of the molecule is S=C=NC(=S)C=NC=S. The molecule has 0 aliphatic heterocycles. The molecular formula is C4H2N2S3. The minimum absolute atomic E-state index is 0.283. The van der Waals surface area contributed by atoms with Gasteiger partial charge in [0.15, 0.2) is 4.99 Å². The third-order valence-corrected chi connectivity index (χ3v) is 0.811. The smallest absolute Gasteiger partial charge is 0.155 e. The summed E-state index contributed by atoms with van der Waals surface area (Å²) in [5, 5.41) is 2.10. The molecule has 0 unspecified atom stereocenters. The number of nitrogens with zero attached hydrogens (tertiary/aromatic N) is 2. The van der Waals surface area contributed by atoms with Crippen molar-refractivity contribution in [3.05, 3.63) is 0 Å². The molecule has 0 bridgehead atoms. The quantitative estimate of drug-likeness (QED) is 0.468. The van der Waals surface area contributed by atoms with Crippen LogP contribution < -0.4 is 0 Å². The van der Waals surface area contributed by atoms with Crippen molar-refractivity contribution in [2.24, 2.45) is 9.98 Å². The molecule has 5 heteroatoms. The van der Waals surface area contributed by atoms with Crippen molar-refractivity contribution >= 4 is 58.5 Å². The Labute approximate surface area is 68.7 Å². The van der Waals surface area contributed by atoms with Gasteiger partial charge in [0, 0.05) is 0 Å². The van der Waals surface area contributed by atoms with Crippen LogP contribution in [0.5, 0.6) is 0 Å². The molecule has 0 N–H and O–H groups in total. The Bertz CT molecular complexity index is 190. The predicted molar refractivity (Wildman–Crippen MR) is 49.8 cm³/mol. The van der Waals surface area contributed by atoms with Crippen molar-refractivity contribution in [2.75, 3.05) is 0 Å². The van der Waals surface area contributed by atoms with Gasteiger partial charge in [-0.2, -0.15) is 4.99 Å². The van der Waals surface area contributed by atoms with Crippen LogP contribution in [0.25, 0.3) is 0 Å². The molecule has 0 aromatic heterocycles. The second-order valence-corrected chi connectivity index (χ2v) is 1.74. The lowest BCUT2D eigenvalue weighted by Crippen LogP contribution is -1.88. The first-order valence-corrected chi connectivity index (χ1v) is 3.18. The van der Waals surface area contributed by atoms with Gasteiger partial charge in [-0.3, -0.25) is 0 Å². The van der Waals surface area contributed by atoms with E-state index in [0.717, 1.165) is 0 Å². The Kier molecular flexibility index (Phi) is 5.56. The molecule has 0 saturated carbocycles. The summed E-state index contributed by atoms with van der Waals surface area (Å²) < 4.78 is 0. The highest BCUT2D eigenvalue weighted by molar-refractivity contribution is 7.82. The van der Waals surface area contributed by atoms with E-state index < -0.39 is 0 Å². The summed E-state index contributed by atoms with van der Waals surface area (Å²) in [5.74, 6) is 0. The minimum atomic E-state index is 0.283. The molecule has 46 valence electrons. The average Bonchev–Trinajstić information content (AvgIpc) is 1.85. The summed E-state index contributed by atoms with van der Waals surface area (Å²) in [5.41, 5.74) is 1.20. The largest absolute Gasteiger partial charge is 0.250 e. The number of aliphatic imine (C=N–C) groups is 2. The summed E-state index contributed by atoms with van der Waals surface area (Å²) in [6.07, 6.45) is 1.33. The first kappa shape index (κ1) is 8.65. The van der Waals surface area contributed by atoms with Gasteiger partial charge in [-0.1, -0.05) is 24.4 Å². The van der Waals surface area contributed by atoms with Crippen LogP contribution in [0.3, 0.4) is 0 Å². The van der Waals surface area contributed by atoms with Gasteiger partial charge in [-0.25, -0.2) is 4.99 Å². The Balaban J connectivity index is 3.91. The number of hydrogen-bond donors (Lipinski definition) is 0. The van der Waals surface area contributed by atoms with E-state index in [1.165, 1.54) is 11.7 Å². The number of isothiocyanates is 1. The maximum Gasteiger partial charge on any atom is 0.155 e. The molecule has 0 aromatic carbocycles. The molecule has 0 aliphatic carbocycles. The zero-order chi connectivity index (χ0) is 7.11. The molecule has 0 aromatic rings. The van der Waals surface area contributed by atoms with Gasteiger partial charge in [-0.05, 0) is 12.2 Å². The molecule has 0 radical (unpaired) electrons. The van der Waals surface area contributed by atoms with Crippen LogP contribution in [0.1, 0.15) is 0 Å². The van der Waals surface area contributed by atoms with Crippen molar-refractivity contribution < 1.29 is 0 Å². The van der Waals surface area contributed by atoms with E-state index in [1.807, 2.05) is 0 Å². The van der Waals surface area contributed by atoms with Crippen molar-refractivity contribution in [1.29, 1.82) is 0 Å². The molecular weight excluding hydrogens is 172 g/mol. The van der Waals surface area contributed by atoms with Crippen LogP contribution >= 0.6 is 36.7 Å².